The van der Waals surface area contributed by atoms with Crippen LogP contribution in [0.3, 0.4) is 0 Å². The minimum atomic E-state index is -0.322. The van der Waals surface area contributed by atoms with Gasteiger partial charge in [-0.15, -0.1) is 0 Å². The predicted molar refractivity (Wildman–Crippen MR) is 62.4 cm³/mol. The third-order valence-electron chi connectivity index (χ3n) is 2.60. The summed E-state index contributed by atoms with van der Waals surface area (Å²) in [4.78, 5) is 12.0. The van der Waals surface area contributed by atoms with E-state index in [9.17, 15) is 9.18 Å². The second-order valence-corrected chi connectivity index (χ2v) is 4.04. The van der Waals surface area contributed by atoms with Crippen molar-refractivity contribution in [3.63, 3.8) is 0 Å². The SMILES string of the molecule is Cc1cc(F)ccc1C(=O)Cc1ccn(C)n1. The van der Waals surface area contributed by atoms with Crippen LogP contribution in [0.25, 0.3) is 0 Å². The Kier molecular flexibility index (Phi) is 3.04. The van der Waals surface area contributed by atoms with Crippen molar-refractivity contribution < 1.29 is 9.18 Å². The van der Waals surface area contributed by atoms with Gasteiger partial charge in [-0.2, -0.15) is 5.10 Å². The molecule has 1 heterocycles. The first-order valence-corrected chi connectivity index (χ1v) is 5.34. The summed E-state index contributed by atoms with van der Waals surface area (Å²) in [5.74, 6) is -0.363. The van der Waals surface area contributed by atoms with Gasteiger partial charge in [-0.3, -0.25) is 9.48 Å². The van der Waals surface area contributed by atoms with Gasteiger partial charge in [0.2, 0.25) is 0 Å². The highest BCUT2D eigenvalue weighted by Gasteiger charge is 2.11. The molecule has 3 nitrogen and oxygen atoms in total. The van der Waals surface area contributed by atoms with Crippen LogP contribution in [0, 0.1) is 12.7 Å². The van der Waals surface area contributed by atoms with E-state index in [1.54, 1.807) is 30.9 Å². The Morgan fingerprint density at radius 1 is 1.41 bits per heavy atom. The van der Waals surface area contributed by atoms with E-state index in [0.29, 0.717) is 11.1 Å². The molecular weight excluding hydrogens is 219 g/mol. The molecule has 0 aliphatic carbocycles. The predicted octanol–water partition coefficient (Wildman–Crippen LogP) is 2.29. The molecule has 0 saturated heterocycles. The Morgan fingerprint density at radius 3 is 2.76 bits per heavy atom. The van der Waals surface area contributed by atoms with Crippen molar-refractivity contribution in [2.45, 2.75) is 13.3 Å². The van der Waals surface area contributed by atoms with E-state index in [1.807, 2.05) is 0 Å². The van der Waals surface area contributed by atoms with Crippen molar-refractivity contribution >= 4 is 5.78 Å². The van der Waals surface area contributed by atoms with Crippen LogP contribution in [0.4, 0.5) is 4.39 Å². The van der Waals surface area contributed by atoms with Crippen molar-refractivity contribution in [1.29, 1.82) is 0 Å². The number of carbonyl (C=O) groups excluding carboxylic acids is 1. The minimum Gasteiger partial charge on any atom is -0.294 e. The number of aromatic nitrogens is 2. The van der Waals surface area contributed by atoms with Gasteiger partial charge < -0.3 is 0 Å². The lowest BCUT2D eigenvalue weighted by molar-refractivity contribution is 0.0991. The molecule has 17 heavy (non-hydrogen) atoms. The third-order valence-corrected chi connectivity index (χ3v) is 2.60. The molecule has 0 atom stereocenters. The molecular formula is C13H13FN2O. The molecule has 4 heteroatoms. The molecule has 0 spiro atoms. The summed E-state index contributed by atoms with van der Waals surface area (Å²) < 4.78 is 14.6. The Labute approximate surface area is 98.9 Å². The Hall–Kier alpha value is -1.97. The smallest absolute Gasteiger partial charge is 0.169 e. The van der Waals surface area contributed by atoms with Gasteiger partial charge in [-0.05, 0) is 36.8 Å². The van der Waals surface area contributed by atoms with Crippen molar-refractivity contribution in [2.24, 2.45) is 7.05 Å². The highest BCUT2D eigenvalue weighted by Crippen LogP contribution is 2.13. The fourth-order valence-electron chi connectivity index (χ4n) is 1.76. The van der Waals surface area contributed by atoms with E-state index in [1.165, 1.54) is 18.2 Å². The first-order chi connectivity index (χ1) is 8.06. The average molecular weight is 232 g/mol. The second-order valence-electron chi connectivity index (χ2n) is 4.04. The van der Waals surface area contributed by atoms with Crippen LogP contribution in [-0.2, 0) is 13.5 Å². The van der Waals surface area contributed by atoms with E-state index in [2.05, 4.69) is 5.10 Å². The van der Waals surface area contributed by atoms with Crippen molar-refractivity contribution in [3.05, 3.63) is 53.1 Å². The summed E-state index contributed by atoms with van der Waals surface area (Å²) in [5, 5.41) is 4.15. The number of hydrogen-bond acceptors (Lipinski definition) is 2. The molecule has 0 unspecified atom stereocenters. The lowest BCUT2D eigenvalue weighted by Crippen LogP contribution is -2.06. The van der Waals surface area contributed by atoms with Crippen LogP contribution in [0.5, 0.6) is 0 Å². The summed E-state index contributed by atoms with van der Waals surface area (Å²) in [6.45, 7) is 1.73. The summed E-state index contributed by atoms with van der Waals surface area (Å²) >= 11 is 0. The maximum atomic E-state index is 12.9. The van der Waals surface area contributed by atoms with Crippen molar-refractivity contribution in [2.75, 3.05) is 0 Å². The number of Topliss-reactive ketones (excluding diaryl/α,β-unsaturated/α-hetero) is 1. The Bertz CT molecular complexity index is 560. The number of ketones is 1. The Balaban J connectivity index is 2.20. The van der Waals surface area contributed by atoms with E-state index < -0.39 is 0 Å². The molecule has 1 aromatic heterocycles. The number of halogens is 1. The minimum absolute atomic E-state index is 0.0406. The van der Waals surface area contributed by atoms with E-state index in [-0.39, 0.29) is 18.0 Å². The first kappa shape index (κ1) is 11.5. The molecule has 0 amide bonds. The average Bonchev–Trinajstić information content (AvgIpc) is 2.63. The van der Waals surface area contributed by atoms with Gasteiger partial charge in [0, 0.05) is 18.8 Å². The number of benzene rings is 1. The molecule has 0 aliphatic rings. The number of carbonyl (C=O) groups is 1. The van der Waals surface area contributed by atoms with Crippen LogP contribution < -0.4 is 0 Å². The van der Waals surface area contributed by atoms with E-state index >= 15 is 0 Å². The molecule has 1 aromatic carbocycles. The first-order valence-electron chi connectivity index (χ1n) is 5.34. The summed E-state index contributed by atoms with van der Waals surface area (Å²) in [7, 11) is 1.80. The number of rotatable bonds is 3. The van der Waals surface area contributed by atoms with Crippen LogP contribution >= 0.6 is 0 Å². The molecule has 0 saturated carbocycles. The second kappa shape index (κ2) is 4.49. The van der Waals surface area contributed by atoms with Gasteiger partial charge in [0.15, 0.2) is 5.78 Å². The standard InChI is InChI=1S/C13H13FN2O/c1-9-7-10(14)3-4-12(9)13(17)8-11-5-6-16(2)15-11/h3-7H,8H2,1-2H3. The van der Waals surface area contributed by atoms with Crippen LogP contribution in [0.2, 0.25) is 0 Å². The maximum Gasteiger partial charge on any atom is 0.169 e. The van der Waals surface area contributed by atoms with Gasteiger partial charge in [0.25, 0.3) is 0 Å². The molecule has 0 bridgehead atoms. The lowest BCUT2D eigenvalue weighted by atomic mass is 10.0. The quantitative estimate of drug-likeness (QED) is 0.761. The van der Waals surface area contributed by atoms with Crippen molar-refractivity contribution in [1.82, 2.24) is 9.78 Å². The van der Waals surface area contributed by atoms with Crippen LogP contribution in [0.15, 0.2) is 30.5 Å². The zero-order valence-electron chi connectivity index (χ0n) is 9.77. The van der Waals surface area contributed by atoms with Crippen molar-refractivity contribution in [3.8, 4) is 0 Å². The topological polar surface area (TPSA) is 34.9 Å². The monoisotopic (exact) mass is 232 g/mol. The van der Waals surface area contributed by atoms with Crippen LogP contribution in [0.1, 0.15) is 21.6 Å². The van der Waals surface area contributed by atoms with Gasteiger partial charge in [-0.25, -0.2) is 4.39 Å². The molecule has 2 rings (SSSR count). The normalized spacial score (nSPS) is 10.5. The summed E-state index contributed by atoms with van der Waals surface area (Å²) in [6.07, 6.45) is 2.04. The lowest BCUT2D eigenvalue weighted by Gasteiger charge is -2.03. The summed E-state index contributed by atoms with van der Waals surface area (Å²) in [6, 6.07) is 6.00. The zero-order chi connectivity index (χ0) is 12.4. The van der Waals surface area contributed by atoms with Gasteiger partial charge in [0.05, 0.1) is 12.1 Å². The fourth-order valence-corrected chi connectivity index (χ4v) is 1.76. The highest BCUT2D eigenvalue weighted by atomic mass is 19.1. The zero-order valence-corrected chi connectivity index (χ0v) is 9.77. The van der Waals surface area contributed by atoms with Gasteiger partial charge in [-0.1, -0.05) is 0 Å². The molecule has 88 valence electrons. The van der Waals surface area contributed by atoms with Gasteiger partial charge >= 0.3 is 0 Å². The third kappa shape index (κ3) is 2.58. The molecule has 0 N–H and O–H groups in total. The number of hydrogen-bond donors (Lipinski definition) is 0. The molecule has 0 aliphatic heterocycles. The number of nitrogens with zero attached hydrogens (tertiary/aromatic N) is 2. The number of aryl methyl sites for hydroxylation is 2. The summed E-state index contributed by atoms with van der Waals surface area (Å²) in [5.41, 5.74) is 1.93. The Morgan fingerprint density at radius 2 is 2.18 bits per heavy atom. The van der Waals surface area contributed by atoms with Gasteiger partial charge in [0.1, 0.15) is 5.82 Å². The van der Waals surface area contributed by atoms with E-state index in [0.717, 1.165) is 5.69 Å². The fraction of sp³-hybridized carbons (Fsp3) is 0.231. The molecule has 0 fully saturated rings. The highest BCUT2D eigenvalue weighted by molar-refractivity contribution is 5.98. The largest absolute Gasteiger partial charge is 0.294 e. The van der Waals surface area contributed by atoms with Crippen LogP contribution in [-0.4, -0.2) is 15.6 Å². The maximum absolute atomic E-state index is 12.9. The van der Waals surface area contributed by atoms with E-state index in [4.69, 9.17) is 0 Å². The molecule has 2 aromatic rings. The molecule has 0 radical (unpaired) electrons.